The van der Waals surface area contributed by atoms with E-state index in [-0.39, 0.29) is 5.56 Å². The van der Waals surface area contributed by atoms with E-state index in [4.69, 9.17) is 28.0 Å². The van der Waals surface area contributed by atoms with Crippen LogP contribution in [-0.4, -0.2) is 16.7 Å². The molecule has 0 radical (unpaired) electrons. The van der Waals surface area contributed by atoms with E-state index in [0.29, 0.717) is 15.8 Å². The van der Waals surface area contributed by atoms with Crippen LogP contribution in [0.3, 0.4) is 0 Å². The van der Waals surface area contributed by atoms with E-state index in [1.54, 1.807) is 6.92 Å². The highest BCUT2D eigenvalue weighted by Gasteiger charge is 2.12. The average Bonchev–Trinajstić information content (AvgIpc) is 2.77. The minimum absolute atomic E-state index is 0.290. The second-order valence-electron chi connectivity index (χ2n) is 4.33. The van der Waals surface area contributed by atoms with E-state index in [2.05, 4.69) is 10.1 Å². The third-order valence-electron chi connectivity index (χ3n) is 2.65. The van der Waals surface area contributed by atoms with Gasteiger partial charge in [-0.3, -0.25) is 0 Å². The van der Waals surface area contributed by atoms with E-state index in [9.17, 15) is 4.79 Å². The van der Waals surface area contributed by atoms with E-state index in [0.717, 1.165) is 15.6 Å². The number of hydrogen-bond acceptors (Lipinski definition) is 5. The lowest BCUT2D eigenvalue weighted by molar-refractivity contribution is 0.0516. The van der Waals surface area contributed by atoms with Crippen molar-refractivity contribution >= 4 is 46.2 Å². The van der Waals surface area contributed by atoms with Gasteiger partial charge in [0.2, 0.25) is 0 Å². The molecule has 1 aromatic carbocycles. The highest BCUT2D eigenvalue weighted by atomic mass is 35.5. The van der Waals surface area contributed by atoms with Crippen LogP contribution >= 0.6 is 34.5 Å². The van der Waals surface area contributed by atoms with E-state index in [1.165, 1.54) is 29.5 Å². The maximum Gasteiger partial charge on any atom is 0.365 e. The number of carbonyl (C=O) groups is 1. The van der Waals surface area contributed by atoms with Crippen molar-refractivity contribution in [3.8, 4) is 0 Å². The number of thiazole rings is 1. The Morgan fingerprint density at radius 3 is 2.57 bits per heavy atom. The molecule has 0 atom stereocenters. The van der Waals surface area contributed by atoms with Crippen molar-refractivity contribution < 1.29 is 9.63 Å². The largest absolute Gasteiger partial charge is 0.365 e. The van der Waals surface area contributed by atoms with Gasteiger partial charge in [-0.25, -0.2) is 9.78 Å². The normalized spacial score (nSPS) is 11.6. The molecule has 0 fully saturated rings. The van der Waals surface area contributed by atoms with Crippen LogP contribution in [0.2, 0.25) is 10.0 Å². The summed E-state index contributed by atoms with van der Waals surface area (Å²) in [7, 11) is 0. The first-order valence-corrected chi connectivity index (χ1v) is 7.61. The molecule has 0 bridgehead atoms. The van der Waals surface area contributed by atoms with Crippen LogP contribution in [-0.2, 0) is 4.84 Å². The molecular formula is C14H12Cl2N2O2S. The molecule has 110 valence electrons. The molecule has 2 aromatic rings. The van der Waals surface area contributed by atoms with Gasteiger partial charge < -0.3 is 4.84 Å². The molecule has 1 heterocycles. The van der Waals surface area contributed by atoms with Crippen molar-refractivity contribution in [2.75, 3.05) is 0 Å². The van der Waals surface area contributed by atoms with Crippen LogP contribution in [0.1, 0.15) is 32.9 Å². The Balaban J connectivity index is 2.14. The summed E-state index contributed by atoms with van der Waals surface area (Å²) in [5.74, 6) is -0.591. The fourth-order valence-electron chi connectivity index (χ4n) is 1.69. The first-order valence-electron chi connectivity index (χ1n) is 6.04. The SMILES string of the molecule is C/C(=N/OC(=O)c1ccc(Cl)c(Cl)c1)c1sc(C)nc1C. The van der Waals surface area contributed by atoms with Crippen LogP contribution in [0.25, 0.3) is 0 Å². The Bertz CT molecular complexity index is 726. The van der Waals surface area contributed by atoms with Crippen molar-refractivity contribution in [1.29, 1.82) is 0 Å². The second-order valence-corrected chi connectivity index (χ2v) is 6.35. The molecule has 21 heavy (non-hydrogen) atoms. The predicted octanol–water partition coefficient (Wildman–Crippen LogP) is 4.65. The van der Waals surface area contributed by atoms with Crippen molar-refractivity contribution in [3.63, 3.8) is 0 Å². The number of carbonyl (C=O) groups excluding carboxylic acids is 1. The predicted molar refractivity (Wildman–Crippen MR) is 85.7 cm³/mol. The lowest BCUT2D eigenvalue weighted by atomic mass is 10.2. The zero-order valence-corrected chi connectivity index (χ0v) is 13.9. The fraction of sp³-hybridized carbons (Fsp3) is 0.214. The quantitative estimate of drug-likeness (QED) is 0.463. The highest BCUT2D eigenvalue weighted by Crippen LogP contribution is 2.23. The smallest absolute Gasteiger partial charge is 0.313 e. The molecule has 0 saturated heterocycles. The molecule has 7 heteroatoms. The number of hydrogen-bond donors (Lipinski definition) is 0. The molecule has 0 N–H and O–H groups in total. The fourth-order valence-corrected chi connectivity index (χ4v) is 2.85. The van der Waals surface area contributed by atoms with Gasteiger partial charge in [-0.05, 0) is 39.0 Å². The molecule has 2 rings (SSSR count). The molecule has 0 unspecified atom stereocenters. The third kappa shape index (κ3) is 3.81. The number of aromatic nitrogens is 1. The van der Waals surface area contributed by atoms with Gasteiger partial charge in [0.15, 0.2) is 0 Å². The number of rotatable bonds is 3. The highest BCUT2D eigenvalue weighted by molar-refractivity contribution is 7.13. The van der Waals surface area contributed by atoms with Gasteiger partial charge in [0.1, 0.15) is 0 Å². The molecule has 0 aliphatic carbocycles. The summed E-state index contributed by atoms with van der Waals surface area (Å²) in [4.78, 5) is 22.0. The number of oxime groups is 1. The summed E-state index contributed by atoms with van der Waals surface area (Å²) in [6, 6.07) is 4.51. The van der Waals surface area contributed by atoms with E-state index >= 15 is 0 Å². The molecule has 0 aliphatic heterocycles. The Hall–Kier alpha value is -1.43. The first-order chi connectivity index (χ1) is 9.88. The van der Waals surface area contributed by atoms with Crippen LogP contribution < -0.4 is 0 Å². The molecule has 0 aliphatic rings. The maximum absolute atomic E-state index is 11.9. The van der Waals surface area contributed by atoms with Crippen LogP contribution in [0.5, 0.6) is 0 Å². The van der Waals surface area contributed by atoms with E-state index < -0.39 is 5.97 Å². The number of halogens is 2. The minimum atomic E-state index is -0.591. The van der Waals surface area contributed by atoms with E-state index in [1.807, 2.05) is 13.8 Å². The monoisotopic (exact) mass is 342 g/mol. The first kappa shape index (κ1) is 15.9. The molecule has 1 aromatic heterocycles. The zero-order chi connectivity index (χ0) is 15.6. The molecule has 4 nitrogen and oxygen atoms in total. The number of benzene rings is 1. The summed E-state index contributed by atoms with van der Waals surface area (Å²) >= 11 is 13.2. The van der Waals surface area contributed by atoms with Crippen molar-refractivity contribution in [1.82, 2.24) is 4.98 Å². The van der Waals surface area contributed by atoms with Crippen LogP contribution in [0, 0.1) is 13.8 Å². The van der Waals surface area contributed by atoms with Crippen LogP contribution in [0.4, 0.5) is 0 Å². The lowest BCUT2D eigenvalue weighted by Crippen LogP contribution is -2.04. The Labute approximate surface area is 136 Å². The van der Waals surface area contributed by atoms with Gasteiger partial charge in [0.05, 0.1) is 36.9 Å². The molecular weight excluding hydrogens is 331 g/mol. The Morgan fingerprint density at radius 1 is 1.29 bits per heavy atom. The van der Waals surface area contributed by atoms with Crippen LogP contribution in [0.15, 0.2) is 23.4 Å². The number of nitrogens with zero attached hydrogens (tertiary/aromatic N) is 2. The van der Waals surface area contributed by atoms with Gasteiger partial charge in [-0.2, -0.15) is 0 Å². The third-order valence-corrected chi connectivity index (χ3v) is 4.57. The van der Waals surface area contributed by atoms with Gasteiger partial charge in [0, 0.05) is 0 Å². The second kappa shape index (κ2) is 6.56. The summed E-state index contributed by atoms with van der Waals surface area (Å²) in [6.07, 6.45) is 0. The lowest BCUT2D eigenvalue weighted by Gasteiger charge is -2.01. The molecule has 0 spiro atoms. The Kier molecular flexibility index (Phi) is 4.98. The molecule has 0 saturated carbocycles. The summed E-state index contributed by atoms with van der Waals surface area (Å²) in [6.45, 7) is 5.57. The van der Waals surface area contributed by atoms with Crippen molar-refractivity contribution in [3.05, 3.63) is 49.4 Å². The summed E-state index contributed by atoms with van der Waals surface area (Å²) in [5, 5.41) is 5.47. The topological polar surface area (TPSA) is 51.5 Å². The zero-order valence-electron chi connectivity index (χ0n) is 11.6. The van der Waals surface area contributed by atoms with Gasteiger partial charge in [-0.1, -0.05) is 28.4 Å². The number of aryl methyl sites for hydroxylation is 2. The summed E-state index contributed by atoms with van der Waals surface area (Å²) in [5.41, 5.74) is 1.76. The van der Waals surface area contributed by atoms with Gasteiger partial charge >= 0.3 is 5.97 Å². The van der Waals surface area contributed by atoms with Crippen molar-refractivity contribution in [2.45, 2.75) is 20.8 Å². The standard InChI is InChI=1S/C14H12Cl2N2O2S/c1-7-13(21-9(3)17-7)8(2)18-20-14(19)10-4-5-11(15)12(16)6-10/h4-6H,1-3H3/b18-8-. The molecule has 0 amide bonds. The van der Waals surface area contributed by atoms with Gasteiger partial charge in [0.25, 0.3) is 0 Å². The minimum Gasteiger partial charge on any atom is -0.313 e. The maximum atomic E-state index is 11.9. The average molecular weight is 343 g/mol. The van der Waals surface area contributed by atoms with Gasteiger partial charge in [-0.15, -0.1) is 11.3 Å². The summed E-state index contributed by atoms with van der Waals surface area (Å²) < 4.78 is 0. The van der Waals surface area contributed by atoms with Crippen molar-refractivity contribution in [2.24, 2.45) is 5.16 Å². The Morgan fingerprint density at radius 2 is 2.00 bits per heavy atom.